The number of benzene rings is 1. The third-order valence-electron chi connectivity index (χ3n) is 2.32. The van der Waals surface area contributed by atoms with Crippen LogP contribution in [-0.4, -0.2) is 30.8 Å². The van der Waals surface area contributed by atoms with E-state index < -0.39 is 6.10 Å². The van der Waals surface area contributed by atoms with Gasteiger partial charge in [0.05, 0.1) is 6.61 Å². The first kappa shape index (κ1) is 14.2. The van der Waals surface area contributed by atoms with Crippen molar-refractivity contribution in [2.45, 2.75) is 19.4 Å². The molecule has 4 heteroatoms. The van der Waals surface area contributed by atoms with E-state index >= 15 is 0 Å². The zero-order chi connectivity index (χ0) is 13.4. The Morgan fingerprint density at radius 2 is 2.33 bits per heavy atom. The fourth-order valence-corrected chi connectivity index (χ4v) is 1.25. The van der Waals surface area contributed by atoms with Crippen LogP contribution in [0, 0.1) is 11.8 Å². The molecule has 0 saturated carbocycles. The lowest BCUT2D eigenvalue weighted by Gasteiger charge is -2.10. The van der Waals surface area contributed by atoms with Crippen molar-refractivity contribution in [3.05, 3.63) is 29.8 Å². The average Bonchev–Trinajstić information content (AvgIpc) is 2.38. The Balaban J connectivity index is 2.71. The molecule has 96 valence electrons. The molecule has 0 spiro atoms. The summed E-state index contributed by atoms with van der Waals surface area (Å²) < 4.78 is 4.93. The maximum absolute atomic E-state index is 11.6. The van der Waals surface area contributed by atoms with E-state index in [-0.39, 0.29) is 12.5 Å². The highest BCUT2D eigenvalue weighted by atomic mass is 16.5. The first-order chi connectivity index (χ1) is 8.67. The van der Waals surface area contributed by atoms with Crippen LogP contribution in [0.5, 0.6) is 0 Å². The first-order valence-electron chi connectivity index (χ1n) is 5.71. The molecule has 1 aromatic rings. The van der Waals surface area contributed by atoms with Gasteiger partial charge in [0.2, 0.25) is 0 Å². The van der Waals surface area contributed by atoms with E-state index in [1.54, 1.807) is 19.1 Å². The first-order valence-corrected chi connectivity index (χ1v) is 5.71. The summed E-state index contributed by atoms with van der Waals surface area (Å²) in [6.45, 7) is 1.73. The van der Waals surface area contributed by atoms with E-state index in [1.807, 2.05) is 12.1 Å². The second-order valence-corrected chi connectivity index (χ2v) is 3.72. The van der Waals surface area contributed by atoms with Crippen molar-refractivity contribution < 1.29 is 14.6 Å². The molecule has 0 aliphatic carbocycles. The zero-order valence-electron chi connectivity index (χ0n) is 10.6. The van der Waals surface area contributed by atoms with Crippen LogP contribution in [-0.2, 0) is 9.53 Å². The van der Waals surface area contributed by atoms with Gasteiger partial charge in [-0.25, -0.2) is 0 Å². The number of ether oxygens (including phenoxy) is 1. The number of carbonyl (C=O) groups excluding carboxylic acids is 1. The van der Waals surface area contributed by atoms with Crippen molar-refractivity contribution >= 4 is 11.6 Å². The fraction of sp³-hybridized carbons (Fsp3) is 0.357. The molecule has 1 rings (SSSR count). The summed E-state index contributed by atoms with van der Waals surface area (Å²) in [4.78, 5) is 11.6. The SMILES string of the molecule is COC(C)C(=O)Nc1cccc(C#CCCO)c1. The molecule has 1 amide bonds. The summed E-state index contributed by atoms with van der Waals surface area (Å²) in [5.74, 6) is 5.54. The highest BCUT2D eigenvalue weighted by molar-refractivity contribution is 5.94. The summed E-state index contributed by atoms with van der Waals surface area (Å²) in [6.07, 6.45) is -0.0498. The second-order valence-electron chi connectivity index (χ2n) is 3.72. The number of anilines is 1. The minimum Gasteiger partial charge on any atom is -0.395 e. The number of aliphatic hydroxyl groups excluding tert-OH is 1. The molecule has 1 unspecified atom stereocenters. The quantitative estimate of drug-likeness (QED) is 0.791. The third kappa shape index (κ3) is 4.58. The van der Waals surface area contributed by atoms with Crippen molar-refractivity contribution in [3.63, 3.8) is 0 Å². The van der Waals surface area contributed by atoms with Crippen LogP contribution in [0.4, 0.5) is 5.69 Å². The maximum atomic E-state index is 11.6. The topological polar surface area (TPSA) is 58.6 Å². The molecule has 18 heavy (non-hydrogen) atoms. The van der Waals surface area contributed by atoms with Crippen LogP contribution < -0.4 is 5.32 Å². The molecule has 0 fully saturated rings. The molecule has 0 aliphatic heterocycles. The Morgan fingerprint density at radius 3 is 3.00 bits per heavy atom. The number of aliphatic hydroxyl groups is 1. The van der Waals surface area contributed by atoms with E-state index in [0.29, 0.717) is 12.1 Å². The minimum atomic E-state index is -0.492. The lowest BCUT2D eigenvalue weighted by atomic mass is 10.2. The second kappa shape index (κ2) is 7.49. The van der Waals surface area contributed by atoms with E-state index in [2.05, 4.69) is 17.2 Å². The van der Waals surface area contributed by atoms with Gasteiger partial charge in [0.25, 0.3) is 5.91 Å². The number of hydrogen-bond donors (Lipinski definition) is 2. The molecular formula is C14H17NO3. The summed E-state index contributed by atoms with van der Waals surface area (Å²) in [5.41, 5.74) is 1.48. The predicted molar refractivity (Wildman–Crippen MR) is 70.1 cm³/mol. The summed E-state index contributed by atoms with van der Waals surface area (Å²) in [6, 6.07) is 7.23. The summed E-state index contributed by atoms with van der Waals surface area (Å²) in [7, 11) is 1.49. The molecule has 1 atom stereocenters. The summed E-state index contributed by atoms with van der Waals surface area (Å²) in [5, 5.41) is 11.4. The smallest absolute Gasteiger partial charge is 0.253 e. The van der Waals surface area contributed by atoms with E-state index in [0.717, 1.165) is 5.56 Å². The van der Waals surface area contributed by atoms with Crippen LogP contribution in [0.25, 0.3) is 0 Å². The Labute approximate surface area is 107 Å². The molecule has 0 bridgehead atoms. The van der Waals surface area contributed by atoms with Gasteiger partial charge in [-0.2, -0.15) is 0 Å². The van der Waals surface area contributed by atoms with Gasteiger partial charge < -0.3 is 15.2 Å². The van der Waals surface area contributed by atoms with Gasteiger partial charge in [-0.15, -0.1) is 0 Å². The maximum Gasteiger partial charge on any atom is 0.253 e. The monoisotopic (exact) mass is 247 g/mol. The lowest BCUT2D eigenvalue weighted by Crippen LogP contribution is -2.26. The lowest BCUT2D eigenvalue weighted by molar-refractivity contribution is -0.124. The Bertz CT molecular complexity index is 460. The van der Waals surface area contributed by atoms with Crippen LogP contribution in [0.15, 0.2) is 24.3 Å². The van der Waals surface area contributed by atoms with E-state index in [9.17, 15) is 4.79 Å². The number of rotatable bonds is 4. The number of carbonyl (C=O) groups is 1. The van der Waals surface area contributed by atoms with Crippen LogP contribution in [0.1, 0.15) is 18.9 Å². The van der Waals surface area contributed by atoms with Gasteiger partial charge >= 0.3 is 0 Å². The summed E-state index contributed by atoms with van der Waals surface area (Å²) >= 11 is 0. The van der Waals surface area contributed by atoms with E-state index in [4.69, 9.17) is 9.84 Å². The van der Waals surface area contributed by atoms with Gasteiger partial charge in [0, 0.05) is 24.8 Å². The Kier molecular flexibility index (Phi) is 5.92. The standard InChI is InChI=1S/C14H17NO3/c1-11(18-2)14(17)15-13-8-5-7-12(10-13)6-3-4-9-16/h5,7-8,10-11,16H,4,9H2,1-2H3,(H,15,17). The highest BCUT2D eigenvalue weighted by Crippen LogP contribution is 2.10. The van der Waals surface area contributed by atoms with Crippen LogP contribution in [0.3, 0.4) is 0 Å². The van der Waals surface area contributed by atoms with Crippen molar-refractivity contribution in [1.29, 1.82) is 0 Å². The van der Waals surface area contributed by atoms with Crippen molar-refractivity contribution in [3.8, 4) is 11.8 Å². The fourth-order valence-electron chi connectivity index (χ4n) is 1.25. The molecule has 0 saturated heterocycles. The van der Waals surface area contributed by atoms with Gasteiger partial charge in [0.15, 0.2) is 0 Å². The number of hydrogen-bond acceptors (Lipinski definition) is 3. The van der Waals surface area contributed by atoms with Gasteiger partial charge in [-0.3, -0.25) is 4.79 Å². The normalized spacial score (nSPS) is 11.3. The molecule has 4 nitrogen and oxygen atoms in total. The van der Waals surface area contributed by atoms with Gasteiger partial charge in [-0.05, 0) is 25.1 Å². The third-order valence-corrected chi connectivity index (χ3v) is 2.32. The van der Waals surface area contributed by atoms with Crippen molar-refractivity contribution in [2.75, 3.05) is 19.0 Å². The van der Waals surface area contributed by atoms with Gasteiger partial charge in [-0.1, -0.05) is 17.9 Å². The Morgan fingerprint density at radius 1 is 1.56 bits per heavy atom. The predicted octanol–water partition coefficient (Wildman–Crippen LogP) is 1.39. The molecular weight excluding hydrogens is 230 g/mol. The van der Waals surface area contributed by atoms with Crippen LogP contribution in [0.2, 0.25) is 0 Å². The molecule has 0 heterocycles. The van der Waals surface area contributed by atoms with Crippen molar-refractivity contribution in [1.82, 2.24) is 0 Å². The molecule has 0 radical (unpaired) electrons. The van der Waals surface area contributed by atoms with E-state index in [1.165, 1.54) is 7.11 Å². The minimum absolute atomic E-state index is 0.0504. The number of nitrogens with one attached hydrogen (secondary N) is 1. The zero-order valence-corrected chi connectivity index (χ0v) is 10.6. The number of amides is 1. The van der Waals surface area contributed by atoms with Gasteiger partial charge in [0.1, 0.15) is 6.10 Å². The molecule has 0 aromatic heterocycles. The number of methoxy groups -OCH3 is 1. The molecule has 1 aromatic carbocycles. The molecule has 2 N–H and O–H groups in total. The Hall–Kier alpha value is -1.83. The molecule has 0 aliphatic rings. The largest absolute Gasteiger partial charge is 0.395 e. The van der Waals surface area contributed by atoms with Crippen molar-refractivity contribution in [2.24, 2.45) is 0 Å². The highest BCUT2D eigenvalue weighted by Gasteiger charge is 2.11. The average molecular weight is 247 g/mol. The van der Waals surface area contributed by atoms with Crippen LogP contribution >= 0.6 is 0 Å².